The summed E-state index contributed by atoms with van der Waals surface area (Å²) >= 11 is 0. The molecule has 0 radical (unpaired) electrons. The summed E-state index contributed by atoms with van der Waals surface area (Å²) in [7, 11) is 0. The summed E-state index contributed by atoms with van der Waals surface area (Å²) in [4.78, 5) is 39.8. The molecule has 0 atom stereocenters. The lowest BCUT2D eigenvalue weighted by Crippen LogP contribution is -2.41. The van der Waals surface area contributed by atoms with Crippen molar-refractivity contribution >= 4 is 23.5 Å². The van der Waals surface area contributed by atoms with E-state index in [-0.39, 0.29) is 13.2 Å². The summed E-state index contributed by atoms with van der Waals surface area (Å²) in [6.07, 6.45) is 3.03. The van der Waals surface area contributed by atoms with Gasteiger partial charge in [-0.15, -0.1) is 0 Å². The van der Waals surface area contributed by atoms with Crippen LogP contribution in [0.2, 0.25) is 0 Å². The molecule has 0 aromatic heterocycles. The summed E-state index contributed by atoms with van der Waals surface area (Å²) in [5, 5.41) is 0. The standard InChI is InChI=1S/C26H29NO7/c1-2-31-24(29)17-27(20-8-4-3-5-9-20)23(28)18-34-25(30)26(12-6-7-13-26)19-10-11-21-22(16-19)33-15-14-32-21/h3-5,8-11,16H,2,6-7,12-15,17-18H2,1H3. The smallest absolute Gasteiger partial charge is 0.326 e. The molecule has 0 saturated heterocycles. The number of hydrogen-bond donors (Lipinski definition) is 0. The highest BCUT2D eigenvalue weighted by molar-refractivity contribution is 5.99. The van der Waals surface area contributed by atoms with Crippen LogP contribution in [0, 0.1) is 0 Å². The van der Waals surface area contributed by atoms with E-state index in [1.807, 2.05) is 24.3 Å². The number of carbonyl (C=O) groups is 3. The third-order valence-corrected chi connectivity index (χ3v) is 6.23. The van der Waals surface area contributed by atoms with Crippen LogP contribution in [0.4, 0.5) is 5.69 Å². The van der Waals surface area contributed by atoms with Crippen LogP contribution in [-0.4, -0.2) is 50.8 Å². The van der Waals surface area contributed by atoms with E-state index >= 15 is 0 Å². The third kappa shape index (κ3) is 5.00. The predicted molar refractivity (Wildman–Crippen MR) is 124 cm³/mol. The van der Waals surface area contributed by atoms with Crippen LogP contribution in [0.25, 0.3) is 0 Å². The molecule has 180 valence electrons. The van der Waals surface area contributed by atoms with E-state index in [0.717, 1.165) is 18.4 Å². The Morgan fingerprint density at radius 3 is 2.35 bits per heavy atom. The van der Waals surface area contributed by atoms with Crippen LogP contribution < -0.4 is 14.4 Å². The number of anilines is 1. The summed E-state index contributed by atoms with van der Waals surface area (Å²) in [5.41, 5.74) is 0.492. The molecule has 2 aromatic rings. The average Bonchev–Trinajstić information content (AvgIpc) is 3.37. The fourth-order valence-corrected chi connectivity index (χ4v) is 4.54. The van der Waals surface area contributed by atoms with Crippen molar-refractivity contribution in [3.05, 3.63) is 54.1 Å². The van der Waals surface area contributed by atoms with Gasteiger partial charge in [-0.3, -0.25) is 19.3 Å². The van der Waals surface area contributed by atoms with Gasteiger partial charge in [0, 0.05) is 5.69 Å². The van der Waals surface area contributed by atoms with E-state index in [2.05, 4.69) is 0 Å². The van der Waals surface area contributed by atoms with Crippen LogP contribution >= 0.6 is 0 Å². The van der Waals surface area contributed by atoms with Crippen molar-refractivity contribution in [1.82, 2.24) is 0 Å². The number of ether oxygens (including phenoxy) is 4. The molecule has 2 aliphatic rings. The zero-order chi connectivity index (χ0) is 24.0. The van der Waals surface area contributed by atoms with E-state index in [1.165, 1.54) is 4.90 Å². The minimum Gasteiger partial charge on any atom is -0.486 e. The minimum atomic E-state index is -0.838. The lowest BCUT2D eigenvalue weighted by molar-refractivity contribution is -0.154. The molecule has 8 heteroatoms. The highest BCUT2D eigenvalue weighted by Gasteiger charge is 2.45. The number of esters is 2. The van der Waals surface area contributed by atoms with E-state index in [0.29, 0.717) is 43.2 Å². The first kappa shape index (κ1) is 23.6. The molecule has 1 amide bonds. The van der Waals surface area contributed by atoms with Crippen LogP contribution in [0.1, 0.15) is 38.2 Å². The quantitative estimate of drug-likeness (QED) is 0.550. The van der Waals surface area contributed by atoms with Gasteiger partial charge in [-0.2, -0.15) is 0 Å². The predicted octanol–water partition coefficient (Wildman–Crippen LogP) is 3.41. The first-order valence-electron chi connectivity index (χ1n) is 11.6. The molecule has 1 fully saturated rings. The molecule has 0 unspecified atom stereocenters. The van der Waals surface area contributed by atoms with Gasteiger partial charge in [0.1, 0.15) is 19.8 Å². The first-order chi connectivity index (χ1) is 16.5. The van der Waals surface area contributed by atoms with E-state index < -0.39 is 29.9 Å². The van der Waals surface area contributed by atoms with Crippen molar-refractivity contribution in [2.75, 3.05) is 37.9 Å². The number of fused-ring (bicyclic) bond motifs is 1. The third-order valence-electron chi connectivity index (χ3n) is 6.23. The minimum absolute atomic E-state index is 0.211. The van der Waals surface area contributed by atoms with Gasteiger partial charge in [-0.1, -0.05) is 37.1 Å². The summed E-state index contributed by atoms with van der Waals surface area (Å²) < 4.78 is 21.9. The largest absolute Gasteiger partial charge is 0.486 e. The highest BCUT2D eigenvalue weighted by atomic mass is 16.6. The van der Waals surface area contributed by atoms with Crippen molar-refractivity contribution < 1.29 is 33.3 Å². The Morgan fingerprint density at radius 1 is 0.941 bits per heavy atom. The van der Waals surface area contributed by atoms with Gasteiger partial charge in [0.05, 0.1) is 12.0 Å². The normalized spacial score (nSPS) is 15.9. The second kappa shape index (κ2) is 10.6. The summed E-state index contributed by atoms with van der Waals surface area (Å²) in [5.74, 6) is -0.204. The van der Waals surface area contributed by atoms with Crippen molar-refractivity contribution in [3.8, 4) is 11.5 Å². The molecule has 1 aliphatic heterocycles. The Hall–Kier alpha value is -3.55. The van der Waals surface area contributed by atoms with Gasteiger partial charge in [0.2, 0.25) is 0 Å². The van der Waals surface area contributed by atoms with Crippen molar-refractivity contribution in [1.29, 1.82) is 0 Å². The Bertz CT molecular complexity index is 1030. The number of para-hydroxylation sites is 1. The molecule has 1 heterocycles. The average molecular weight is 468 g/mol. The van der Waals surface area contributed by atoms with Crippen molar-refractivity contribution in [2.24, 2.45) is 0 Å². The van der Waals surface area contributed by atoms with E-state index in [4.69, 9.17) is 18.9 Å². The fourth-order valence-electron chi connectivity index (χ4n) is 4.54. The lowest BCUT2D eigenvalue weighted by atomic mass is 9.78. The monoisotopic (exact) mass is 467 g/mol. The van der Waals surface area contributed by atoms with Crippen LogP contribution in [0.15, 0.2) is 48.5 Å². The molecule has 0 N–H and O–H groups in total. The number of carbonyl (C=O) groups excluding carboxylic acids is 3. The van der Waals surface area contributed by atoms with Crippen molar-refractivity contribution in [2.45, 2.75) is 38.0 Å². The molecular formula is C26H29NO7. The van der Waals surface area contributed by atoms with Gasteiger partial charge in [0.25, 0.3) is 5.91 Å². The molecule has 1 saturated carbocycles. The Kier molecular flexibility index (Phi) is 7.35. The maximum Gasteiger partial charge on any atom is 0.326 e. The molecule has 34 heavy (non-hydrogen) atoms. The lowest BCUT2D eigenvalue weighted by Gasteiger charge is -2.29. The molecule has 2 aromatic carbocycles. The van der Waals surface area contributed by atoms with Crippen LogP contribution in [0.5, 0.6) is 11.5 Å². The fraction of sp³-hybridized carbons (Fsp3) is 0.423. The molecule has 0 spiro atoms. The van der Waals surface area contributed by atoms with Crippen molar-refractivity contribution in [3.63, 3.8) is 0 Å². The van der Waals surface area contributed by atoms with Gasteiger partial charge in [0.15, 0.2) is 18.1 Å². The molecule has 0 bridgehead atoms. The van der Waals surface area contributed by atoms with Crippen LogP contribution in [-0.2, 0) is 29.3 Å². The zero-order valence-electron chi connectivity index (χ0n) is 19.3. The van der Waals surface area contributed by atoms with E-state index in [9.17, 15) is 14.4 Å². The number of nitrogens with zero attached hydrogens (tertiary/aromatic N) is 1. The number of rotatable bonds is 8. The number of hydrogen-bond acceptors (Lipinski definition) is 7. The molecular weight excluding hydrogens is 438 g/mol. The maximum atomic E-state index is 13.4. The summed E-state index contributed by atoms with van der Waals surface area (Å²) in [6, 6.07) is 14.3. The van der Waals surface area contributed by atoms with Gasteiger partial charge >= 0.3 is 11.9 Å². The van der Waals surface area contributed by atoms with E-state index in [1.54, 1.807) is 31.2 Å². The SMILES string of the molecule is CCOC(=O)CN(C(=O)COC(=O)C1(c2ccc3c(c2)OCCO3)CCCC1)c1ccccc1. The zero-order valence-corrected chi connectivity index (χ0v) is 19.3. The first-order valence-corrected chi connectivity index (χ1v) is 11.6. The van der Waals surface area contributed by atoms with Gasteiger partial charge in [-0.25, -0.2) is 0 Å². The second-order valence-corrected chi connectivity index (χ2v) is 8.34. The number of benzene rings is 2. The topological polar surface area (TPSA) is 91.4 Å². The summed E-state index contributed by atoms with van der Waals surface area (Å²) in [6.45, 7) is 2.13. The van der Waals surface area contributed by atoms with Crippen LogP contribution in [0.3, 0.4) is 0 Å². The van der Waals surface area contributed by atoms with Gasteiger partial charge < -0.3 is 18.9 Å². The maximum absolute atomic E-state index is 13.4. The molecule has 8 nitrogen and oxygen atoms in total. The highest BCUT2D eigenvalue weighted by Crippen LogP contribution is 2.45. The Morgan fingerprint density at radius 2 is 1.65 bits per heavy atom. The Labute approximate surface area is 198 Å². The molecule has 1 aliphatic carbocycles. The van der Waals surface area contributed by atoms with Gasteiger partial charge in [-0.05, 0) is 49.6 Å². The Balaban J connectivity index is 1.49. The second-order valence-electron chi connectivity index (χ2n) is 8.34. The molecule has 4 rings (SSSR count). The number of amides is 1.